The van der Waals surface area contributed by atoms with Crippen LogP contribution in [0.25, 0.3) is 0 Å². The van der Waals surface area contributed by atoms with Crippen molar-refractivity contribution in [1.82, 2.24) is 4.98 Å². The lowest BCUT2D eigenvalue weighted by Gasteiger charge is -2.14. The Morgan fingerprint density at radius 1 is 1.29 bits per heavy atom. The molecule has 1 aromatic carbocycles. The average Bonchev–Trinajstić information content (AvgIpc) is 2.37. The predicted molar refractivity (Wildman–Crippen MR) is 81.2 cm³/mol. The first-order valence-electron chi connectivity index (χ1n) is 6.47. The second-order valence-electron chi connectivity index (χ2n) is 5.04. The predicted octanol–water partition coefficient (Wildman–Crippen LogP) is 4.87. The maximum atomic E-state index is 10.9. The molecule has 6 heteroatoms. The van der Waals surface area contributed by atoms with Gasteiger partial charge in [-0.15, -0.1) is 0 Å². The zero-order chi connectivity index (χ0) is 15.6. The van der Waals surface area contributed by atoms with Gasteiger partial charge < -0.3 is 4.74 Å². The molecule has 5 nitrogen and oxygen atoms in total. The van der Waals surface area contributed by atoms with Crippen molar-refractivity contribution in [3.63, 3.8) is 0 Å². The molecule has 0 spiro atoms. The summed E-state index contributed by atoms with van der Waals surface area (Å²) < 4.78 is 5.72. The Labute approximate surface area is 127 Å². The number of rotatable bonds is 4. The standard InChI is InChI=1S/C15H15ClN2O3/c1-9(2)12-5-4-10(3)6-13(12)21-15-8-11(18(19)20)7-14(16)17-15/h4-9H,1-3H3. The van der Waals surface area contributed by atoms with E-state index in [9.17, 15) is 10.1 Å². The van der Waals surface area contributed by atoms with Crippen LogP contribution in [0.5, 0.6) is 11.6 Å². The molecule has 1 heterocycles. The summed E-state index contributed by atoms with van der Waals surface area (Å²) in [5.41, 5.74) is 1.89. The lowest BCUT2D eigenvalue weighted by Crippen LogP contribution is -1.97. The van der Waals surface area contributed by atoms with Crippen LogP contribution >= 0.6 is 11.6 Å². The van der Waals surface area contributed by atoms with Crippen LogP contribution in [0, 0.1) is 17.0 Å². The van der Waals surface area contributed by atoms with Crippen LogP contribution in [-0.4, -0.2) is 9.91 Å². The normalized spacial score (nSPS) is 10.7. The van der Waals surface area contributed by atoms with E-state index in [1.54, 1.807) is 0 Å². The number of hydrogen-bond acceptors (Lipinski definition) is 4. The van der Waals surface area contributed by atoms with Crippen molar-refractivity contribution in [2.75, 3.05) is 0 Å². The number of hydrogen-bond donors (Lipinski definition) is 0. The van der Waals surface area contributed by atoms with E-state index in [0.29, 0.717) is 5.75 Å². The highest BCUT2D eigenvalue weighted by Crippen LogP contribution is 2.32. The first-order valence-corrected chi connectivity index (χ1v) is 6.85. The third-order valence-corrected chi connectivity index (χ3v) is 3.17. The molecular formula is C15H15ClN2O3. The summed E-state index contributed by atoms with van der Waals surface area (Å²) in [6.45, 7) is 6.04. The van der Waals surface area contributed by atoms with Crippen molar-refractivity contribution in [3.05, 3.63) is 56.7 Å². The second kappa shape index (κ2) is 6.10. The largest absolute Gasteiger partial charge is 0.438 e. The number of nitrogens with zero attached hydrogens (tertiary/aromatic N) is 2. The quantitative estimate of drug-likeness (QED) is 0.459. The zero-order valence-corrected chi connectivity index (χ0v) is 12.7. The van der Waals surface area contributed by atoms with Crippen molar-refractivity contribution in [3.8, 4) is 11.6 Å². The van der Waals surface area contributed by atoms with Crippen LogP contribution in [0.2, 0.25) is 5.15 Å². The SMILES string of the molecule is Cc1ccc(C(C)C)c(Oc2cc([N+](=O)[O-])cc(Cl)n2)c1. The summed E-state index contributed by atoms with van der Waals surface area (Å²) in [6, 6.07) is 8.31. The monoisotopic (exact) mass is 306 g/mol. The second-order valence-corrected chi connectivity index (χ2v) is 5.43. The highest BCUT2D eigenvalue weighted by Gasteiger charge is 2.14. The third-order valence-electron chi connectivity index (χ3n) is 2.97. The Hall–Kier alpha value is -2.14. The maximum Gasteiger partial charge on any atom is 0.277 e. The van der Waals surface area contributed by atoms with E-state index in [1.807, 2.05) is 39.0 Å². The van der Waals surface area contributed by atoms with E-state index in [2.05, 4.69) is 4.98 Å². The van der Waals surface area contributed by atoms with Gasteiger partial charge in [-0.3, -0.25) is 10.1 Å². The topological polar surface area (TPSA) is 65.3 Å². The van der Waals surface area contributed by atoms with Crippen molar-refractivity contribution in [1.29, 1.82) is 0 Å². The number of nitro groups is 1. The van der Waals surface area contributed by atoms with Gasteiger partial charge in [0.25, 0.3) is 5.69 Å². The Balaban J connectivity index is 2.42. The number of ether oxygens (including phenoxy) is 1. The summed E-state index contributed by atoms with van der Waals surface area (Å²) in [5, 5.41) is 10.9. The molecule has 0 radical (unpaired) electrons. The Morgan fingerprint density at radius 2 is 2.00 bits per heavy atom. The Bertz CT molecular complexity index is 687. The van der Waals surface area contributed by atoms with Gasteiger partial charge in [0.15, 0.2) is 0 Å². The van der Waals surface area contributed by atoms with Gasteiger partial charge in [-0.05, 0) is 30.0 Å². The van der Waals surface area contributed by atoms with Crippen molar-refractivity contribution in [2.24, 2.45) is 0 Å². The molecule has 0 amide bonds. The van der Waals surface area contributed by atoms with E-state index in [1.165, 1.54) is 12.1 Å². The van der Waals surface area contributed by atoms with E-state index in [-0.39, 0.29) is 22.6 Å². The molecule has 0 aliphatic rings. The molecule has 0 fully saturated rings. The van der Waals surface area contributed by atoms with Gasteiger partial charge in [-0.2, -0.15) is 0 Å². The molecule has 0 saturated heterocycles. The summed E-state index contributed by atoms with van der Waals surface area (Å²) in [4.78, 5) is 14.3. The molecule has 0 N–H and O–H groups in total. The number of benzene rings is 1. The van der Waals surface area contributed by atoms with Gasteiger partial charge in [0.2, 0.25) is 5.88 Å². The first-order chi connectivity index (χ1) is 9.86. The fourth-order valence-corrected chi connectivity index (χ4v) is 2.13. The minimum Gasteiger partial charge on any atom is -0.438 e. The first kappa shape index (κ1) is 15.3. The number of pyridine rings is 1. The molecule has 1 aromatic heterocycles. The zero-order valence-electron chi connectivity index (χ0n) is 12.0. The number of aromatic nitrogens is 1. The molecule has 0 atom stereocenters. The van der Waals surface area contributed by atoms with Crippen molar-refractivity contribution in [2.45, 2.75) is 26.7 Å². The summed E-state index contributed by atoms with van der Waals surface area (Å²) in [7, 11) is 0. The molecule has 2 aromatic rings. The molecule has 0 saturated carbocycles. The summed E-state index contributed by atoms with van der Waals surface area (Å²) in [6.07, 6.45) is 0. The lowest BCUT2D eigenvalue weighted by molar-refractivity contribution is -0.385. The fourth-order valence-electron chi connectivity index (χ4n) is 1.94. The third kappa shape index (κ3) is 3.70. The van der Waals surface area contributed by atoms with Crippen LogP contribution in [0.1, 0.15) is 30.9 Å². The van der Waals surface area contributed by atoms with Gasteiger partial charge >= 0.3 is 0 Å². The summed E-state index contributed by atoms with van der Waals surface area (Å²) >= 11 is 5.80. The van der Waals surface area contributed by atoms with Crippen molar-refractivity contribution < 1.29 is 9.66 Å². The van der Waals surface area contributed by atoms with E-state index >= 15 is 0 Å². The van der Waals surface area contributed by atoms with E-state index in [4.69, 9.17) is 16.3 Å². The number of aryl methyl sites for hydroxylation is 1. The van der Waals surface area contributed by atoms with Gasteiger partial charge in [0.1, 0.15) is 10.9 Å². The molecule has 0 unspecified atom stereocenters. The van der Waals surface area contributed by atoms with Crippen LogP contribution < -0.4 is 4.74 Å². The lowest BCUT2D eigenvalue weighted by atomic mass is 10.0. The van der Waals surface area contributed by atoms with Crippen LogP contribution in [0.3, 0.4) is 0 Å². The molecule has 2 rings (SSSR count). The van der Waals surface area contributed by atoms with Gasteiger partial charge in [-0.25, -0.2) is 4.98 Å². The van der Waals surface area contributed by atoms with Crippen LogP contribution in [0.4, 0.5) is 5.69 Å². The molecule has 110 valence electrons. The van der Waals surface area contributed by atoms with Crippen molar-refractivity contribution >= 4 is 17.3 Å². The van der Waals surface area contributed by atoms with Crippen LogP contribution in [-0.2, 0) is 0 Å². The molecule has 21 heavy (non-hydrogen) atoms. The molecule has 0 aliphatic carbocycles. The number of halogens is 1. The maximum absolute atomic E-state index is 10.9. The fraction of sp³-hybridized carbons (Fsp3) is 0.267. The smallest absolute Gasteiger partial charge is 0.277 e. The summed E-state index contributed by atoms with van der Waals surface area (Å²) in [5.74, 6) is 1.01. The minimum absolute atomic E-state index is 0.0259. The highest BCUT2D eigenvalue weighted by atomic mass is 35.5. The van der Waals surface area contributed by atoms with Gasteiger partial charge in [0.05, 0.1) is 17.1 Å². The Morgan fingerprint density at radius 3 is 2.62 bits per heavy atom. The van der Waals surface area contributed by atoms with E-state index in [0.717, 1.165) is 11.1 Å². The molecular weight excluding hydrogens is 292 g/mol. The molecule has 0 bridgehead atoms. The Kier molecular flexibility index (Phi) is 4.43. The van der Waals surface area contributed by atoms with E-state index < -0.39 is 4.92 Å². The van der Waals surface area contributed by atoms with Gasteiger partial charge in [0, 0.05) is 0 Å². The molecule has 0 aliphatic heterocycles. The minimum atomic E-state index is -0.528. The van der Waals surface area contributed by atoms with Crippen LogP contribution in [0.15, 0.2) is 30.3 Å². The van der Waals surface area contributed by atoms with Gasteiger partial charge in [-0.1, -0.05) is 37.6 Å². The average molecular weight is 307 g/mol. The highest BCUT2D eigenvalue weighted by molar-refractivity contribution is 6.29.